The number of hydrogen-bond donors (Lipinski definition) is 1. The molecule has 2 unspecified atom stereocenters. The van der Waals surface area contributed by atoms with Gasteiger partial charge in [0.2, 0.25) is 0 Å². The smallest absolute Gasteiger partial charge is 0.341 e. The van der Waals surface area contributed by atoms with E-state index in [1.165, 1.54) is 30.7 Å². The van der Waals surface area contributed by atoms with E-state index in [1.54, 1.807) is 0 Å². The molecule has 0 heterocycles. The Labute approximate surface area is 146 Å². The molecule has 5 nitrogen and oxygen atoms in total. The third-order valence-electron chi connectivity index (χ3n) is 6.26. The third-order valence-corrected chi connectivity index (χ3v) is 6.26. The number of carbonyl (C=O) groups is 2. The van der Waals surface area contributed by atoms with Crippen LogP contribution in [0.4, 0.5) is 4.39 Å². The van der Waals surface area contributed by atoms with Gasteiger partial charge in [-0.25, -0.2) is 14.6 Å². The summed E-state index contributed by atoms with van der Waals surface area (Å²) in [6, 6.07) is 5.49. The van der Waals surface area contributed by atoms with Gasteiger partial charge in [0.25, 0.3) is 5.91 Å². The van der Waals surface area contributed by atoms with Gasteiger partial charge in [-0.15, -0.1) is 0 Å². The van der Waals surface area contributed by atoms with Gasteiger partial charge in [0.1, 0.15) is 5.82 Å². The molecule has 0 radical (unpaired) electrons. The van der Waals surface area contributed by atoms with Crippen LogP contribution >= 0.6 is 0 Å². The Bertz CT molecular complexity index is 744. The summed E-state index contributed by atoms with van der Waals surface area (Å²) in [6.07, 6.45) is 3.15. The van der Waals surface area contributed by atoms with Crippen LogP contribution in [0.3, 0.4) is 0 Å². The lowest BCUT2D eigenvalue weighted by Crippen LogP contribution is -2.35. The van der Waals surface area contributed by atoms with Crippen LogP contribution in [0.2, 0.25) is 0 Å². The lowest BCUT2D eigenvalue weighted by atomic mass is 9.70. The van der Waals surface area contributed by atoms with Crippen molar-refractivity contribution < 1.29 is 18.7 Å². The Hall–Kier alpha value is -2.24. The number of fused-ring (bicyclic) bond motifs is 2. The second-order valence-corrected chi connectivity index (χ2v) is 7.64. The Balaban J connectivity index is 1.56. The van der Waals surface area contributed by atoms with Gasteiger partial charge in [0, 0.05) is 11.1 Å². The first-order chi connectivity index (χ1) is 11.8. The van der Waals surface area contributed by atoms with Gasteiger partial charge in [-0.05, 0) is 42.7 Å². The van der Waals surface area contributed by atoms with Gasteiger partial charge in [0.05, 0.1) is 5.56 Å². The van der Waals surface area contributed by atoms with Crippen molar-refractivity contribution in [1.29, 1.82) is 0 Å². The number of carbonyl (C=O) groups excluding carboxylic acids is 2. The first kappa shape index (κ1) is 17.6. The van der Waals surface area contributed by atoms with E-state index in [1.807, 2.05) is 0 Å². The Morgan fingerprint density at radius 2 is 2.04 bits per heavy atom. The van der Waals surface area contributed by atoms with Gasteiger partial charge < -0.3 is 4.74 Å². The quantitative estimate of drug-likeness (QED) is 0.672. The summed E-state index contributed by atoms with van der Waals surface area (Å²) in [4.78, 5) is 23.7. The summed E-state index contributed by atoms with van der Waals surface area (Å²) >= 11 is 0. The summed E-state index contributed by atoms with van der Waals surface area (Å²) in [5.74, 6) is -1.48. The third kappa shape index (κ3) is 2.94. The molecule has 2 saturated carbocycles. The van der Waals surface area contributed by atoms with Crippen LogP contribution < -0.4 is 5.43 Å². The molecule has 2 aliphatic carbocycles. The summed E-state index contributed by atoms with van der Waals surface area (Å²) in [7, 11) is 0. The topological polar surface area (TPSA) is 67.8 Å². The lowest BCUT2D eigenvalue weighted by Gasteiger charge is -2.34. The van der Waals surface area contributed by atoms with E-state index in [0.717, 1.165) is 18.6 Å². The Morgan fingerprint density at radius 1 is 1.32 bits per heavy atom. The highest BCUT2D eigenvalue weighted by Crippen LogP contribution is 2.63. The fourth-order valence-corrected chi connectivity index (χ4v) is 4.10. The Kier molecular flexibility index (Phi) is 4.39. The molecule has 2 bridgehead atoms. The van der Waals surface area contributed by atoms with Crippen LogP contribution in [0.15, 0.2) is 29.4 Å². The highest BCUT2D eigenvalue weighted by molar-refractivity contribution is 5.95. The number of rotatable bonds is 4. The number of nitrogens with one attached hydrogen (secondary N) is 1. The molecule has 2 aliphatic rings. The van der Waals surface area contributed by atoms with E-state index in [9.17, 15) is 14.0 Å². The second kappa shape index (κ2) is 6.24. The van der Waals surface area contributed by atoms with E-state index in [2.05, 4.69) is 31.3 Å². The van der Waals surface area contributed by atoms with Crippen molar-refractivity contribution in [2.45, 2.75) is 40.0 Å². The minimum Gasteiger partial charge on any atom is -0.452 e. The fraction of sp³-hybridized carbons (Fsp3) is 0.526. The zero-order valence-electron chi connectivity index (χ0n) is 14.8. The van der Waals surface area contributed by atoms with Crippen molar-refractivity contribution >= 4 is 17.6 Å². The van der Waals surface area contributed by atoms with Crippen molar-refractivity contribution in [3.05, 3.63) is 35.6 Å². The van der Waals surface area contributed by atoms with E-state index in [0.29, 0.717) is 5.92 Å². The van der Waals surface area contributed by atoms with Crippen LogP contribution in [0, 0.1) is 22.6 Å². The number of amides is 1. The number of esters is 1. The molecule has 0 saturated heterocycles. The average Bonchev–Trinajstić information content (AvgIpc) is 2.91. The number of benzene rings is 1. The molecule has 6 heteroatoms. The maximum atomic E-state index is 13.5. The maximum absolute atomic E-state index is 13.5. The molecule has 25 heavy (non-hydrogen) atoms. The molecule has 0 aromatic heterocycles. The monoisotopic (exact) mass is 346 g/mol. The summed E-state index contributed by atoms with van der Waals surface area (Å²) in [5, 5.41) is 4.29. The van der Waals surface area contributed by atoms with Crippen LogP contribution in [0.1, 0.15) is 50.4 Å². The largest absolute Gasteiger partial charge is 0.452 e. The number of hydrazone groups is 1. The zero-order valence-corrected chi connectivity index (χ0v) is 14.8. The molecule has 0 spiro atoms. The molecule has 3 rings (SSSR count). The number of halogens is 1. The molecule has 2 fully saturated rings. The van der Waals surface area contributed by atoms with Gasteiger partial charge in [0.15, 0.2) is 6.61 Å². The molecule has 1 N–H and O–H groups in total. The van der Waals surface area contributed by atoms with Crippen molar-refractivity contribution in [3.63, 3.8) is 0 Å². The molecule has 134 valence electrons. The highest BCUT2D eigenvalue weighted by Gasteiger charge is 2.60. The number of hydrogen-bond acceptors (Lipinski definition) is 4. The molecule has 1 aromatic carbocycles. The van der Waals surface area contributed by atoms with E-state index < -0.39 is 24.3 Å². The van der Waals surface area contributed by atoms with E-state index in [4.69, 9.17) is 4.74 Å². The molecule has 0 aliphatic heterocycles. The van der Waals surface area contributed by atoms with Crippen molar-refractivity contribution in [2.75, 3.05) is 6.61 Å². The molecule has 2 atom stereocenters. The molecular formula is C19H23FN2O3. The van der Waals surface area contributed by atoms with Gasteiger partial charge in [-0.2, -0.15) is 5.10 Å². The van der Waals surface area contributed by atoms with E-state index in [-0.39, 0.29) is 16.4 Å². The van der Waals surface area contributed by atoms with Crippen LogP contribution in [-0.2, 0) is 9.53 Å². The zero-order chi connectivity index (χ0) is 18.2. The van der Waals surface area contributed by atoms with Crippen LogP contribution in [0.25, 0.3) is 0 Å². The van der Waals surface area contributed by atoms with Crippen LogP contribution in [0.5, 0.6) is 0 Å². The minimum absolute atomic E-state index is 0.00517. The maximum Gasteiger partial charge on any atom is 0.341 e. The fourth-order valence-electron chi connectivity index (χ4n) is 4.10. The molecule has 1 amide bonds. The standard InChI is InChI=1S/C19H23FN2O3/c1-18(2)12-8-9-19(18,3)15(10-12)21-22-16(23)11-25-17(24)13-6-4-5-7-14(13)20/h4-7,12H,8-11H2,1-3H3,(H,22,23). The Morgan fingerprint density at radius 3 is 2.64 bits per heavy atom. The minimum atomic E-state index is -0.867. The van der Waals surface area contributed by atoms with Crippen molar-refractivity contribution in [2.24, 2.45) is 21.8 Å². The molecule has 1 aromatic rings. The predicted octanol–water partition coefficient (Wildman–Crippen LogP) is 3.30. The second-order valence-electron chi connectivity index (χ2n) is 7.64. The first-order valence-electron chi connectivity index (χ1n) is 8.53. The SMILES string of the molecule is CC12CCC(CC1=NNC(=O)COC(=O)c1ccccc1F)C2(C)C. The highest BCUT2D eigenvalue weighted by atomic mass is 19.1. The average molecular weight is 346 g/mol. The summed E-state index contributed by atoms with van der Waals surface area (Å²) < 4.78 is 18.3. The first-order valence-corrected chi connectivity index (χ1v) is 8.53. The van der Waals surface area contributed by atoms with Crippen molar-refractivity contribution in [1.82, 2.24) is 5.43 Å². The number of nitrogens with zero attached hydrogens (tertiary/aromatic N) is 1. The van der Waals surface area contributed by atoms with Gasteiger partial charge >= 0.3 is 5.97 Å². The lowest BCUT2D eigenvalue weighted by molar-refractivity contribution is -0.124. The normalized spacial score (nSPS) is 28.2. The van der Waals surface area contributed by atoms with Gasteiger partial charge in [-0.3, -0.25) is 4.79 Å². The molecular weight excluding hydrogens is 323 g/mol. The van der Waals surface area contributed by atoms with Gasteiger partial charge in [-0.1, -0.05) is 32.9 Å². The van der Waals surface area contributed by atoms with Crippen LogP contribution in [-0.4, -0.2) is 24.2 Å². The summed E-state index contributed by atoms with van der Waals surface area (Å²) in [5.41, 5.74) is 3.45. The summed E-state index contributed by atoms with van der Waals surface area (Å²) in [6.45, 7) is 6.22. The van der Waals surface area contributed by atoms with Crippen molar-refractivity contribution in [3.8, 4) is 0 Å². The number of ether oxygens (including phenoxy) is 1. The predicted molar refractivity (Wildman–Crippen MR) is 91.5 cm³/mol. The van der Waals surface area contributed by atoms with E-state index >= 15 is 0 Å².